The van der Waals surface area contributed by atoms with Crippen molar-refractivity contribution in [2.45, 2.75) is 18.7 Å². The largest absolute Gasteiger partial charge is 0.493 e. The highest BCUT2D eigenvalue weighted by Gasteiger charge is 2.15. The fourth-order valence-corrected chi connectivity index (χ4v) is 2.86. The van der Waals surface area contributed by atoms with Gasteiger partial charge >= 0.3 is 5.97 Å². The van der Waals surface area contributed by atoms with E-state index in [0.29, 0.717) is 23.8 Å². The zero-order valence-electron chi connectivity index (χ0n) is 15.2. The molecule has 2 aromatic carbocycles. The van der Waals surface area contributed by atoms with Crippen molar-refractivity contribution in [3.8, 4) is 5.75 Å². The van der Waals surface area contributed by atoms with E-state index in [4.69, 9.17) is 9.84 Å². The number of hydrogen-bond acceptors (Lipinski definition) is 5. The smallest absolute Gasteiger partial charge is 0.335 e. The normalized spacial score (nSPS) is 11.3. The van der Waals surface area contributed by atoms with Crippen LogP contribution in [-0.4, -0.2) is 38.3 Å². The van der Waals surface area contributed by atoms with Gasteiger partial charge in [-0.2, -0.15) is 0 Å². The summed E-state index contributed by atoms with van der Waals surface area (Å²) >= 11 is 0. The minimum Gasteiger partial charge on any atom is -0.493 e. The number of benzene rings is 2. The molecule has 0 saturated heterocycles. The molecule has 0 spiro atoms. The van der Waals surface area contributed by atoms with Crippen molar-refractivity contribution in [2.75, 3.05) is 18.2 Å². The molecular formula is C19H21NO6S. The maximum Gasteiger partial charge on any atom is 0.335 e. The molecule has 0 aliphatic heterocycles. The Bertz CT molecular complexity index is 949. The first kappa shape index (κ1) is 20.4. The lowest BCUT2D eigenvalue weighted by molar-refractivity contribution is 0.0696. The molecule has 0 aromatic heterocycles. The van der Waals surface area contributed by atoms with Gasteiger partial charge in [0.1, 0.15) is 5.75 Å². The van der Waals surface area contributed by atoms with E-state index in [1.807, 2.05) is 13.8 Å². The van der Waals surface area contributed by atoms with E-state index in [0.717, 1.165) is 12.3 Å². The highest BCUT2D eigenvalue weighted by molar-refractivity contribution is 7.90. The van der Waals surface area contributed by atoms with E-state index in [1.54, 1.807) is 24.3 Å². The fourth-order valence-electron chi connectivity index (χ4n) is 2.18. The van der Waals surface area contributed by atoms with Gasteiger partial charge in [-0.25, -0.2) is 13.2 Å². The summed E-state index contributed by atoms with van der Waals surface area (Å²) in [7, 11) is -3.63. The Morgan fingerprint density at radius 3 is 2.22 bits per heavy atom. The van der Waals surface area contributed by atoms with E-state index in [2.05, 4.69) is 5.32 Å². The van der Waals surface area contributed by atoms with Crippen LogP contribution in [0.4, 0.5) is 5.69 Å². The first-order chi connectivity index (χ1) is 12.6. The third-order valence-electron chi connectivity index (χ3n) is 3.54. The summed E-state index contributed by atoms with van der Waals surface area (Å²) in [5.74, 6) is -0.777. The second kappa shape index (κ2) is 8.22. The predicted octanol–water partition coefficient (Wildman–Crippen LogP) is 3.08. The Morgan fingerprint density at radius 1 is 1.07 bits per heavy atom. The van der Waals surface area contributed by atoms with Crippen LogP contribution in [0.5, 0.6) is 5.75 Å². The Balaban J connectivity index is 2.22. The van der Waals surface area contributed by atoms with E-state index in [9.17, 15) is 18.0 Å². The molecule has 0 aliphatic rings. The van der Waals surface area contributed by atoms with Crippen LogP contribution < -0.4 is 10.1 Å². The van der Waals surface area contributed by atoms with E-state index < -0.39 is 21.7 Å². The summed E-state index contributed by atoms with van der Waals surface area (Å²) in [6.07, 6.45) is 0.968. The van der Waals surface area contributed by atoms with Gasteiger partial charge in [0, 0.05) is 17.5 Å². The molecule has 2 aromatic rings. The van der Waals surface area contributed by atoms with Crippen LogP contribution in [0, 0.1) is 5.92 Å². The maximum atomic E-state index is 12.4. The standard InChI is InChI=1S/C19H21NO6S/c1-12(2)11-26-16-6-4-13(5-7-16)18(21)20-15-8-14(19(22)23)9-17(10-15)27(3,24)25/h4-10,12H,11H2,1-3H3,(H,20,21)(H,22,23). The molecule has 0 bridgehead atoms. The molecule has 0 aliphatic carbocycles. The van der Waals surface area contributed by atoms with Gasteiger partial charge < -0.3 is 15.2 Å². The third kappa shape index (κ3) is 5.82. The lowest BCUT2D eigenvalue weighted by atomic mass is 10.1. The zero-order chi connectivity index (χ0) is 20.2. The number of nitrogens with one attached hydrogen (secondary N) is 1. The molecule has 0 heterocycles. The molecule has 2 rings (SSSR count). The molecule has 144 valence electrons. The number of carboxylic acids is 1. The monoisotopic (exact) mass is 391 g/mol. The number of carboxylic acid groups (broad SMARTS) is 1. The number of carbonyl (C=O) groups excluding carboxylic acids is 1. The average molecular weight is 391 g/mol. The zero-order valence-corrected chi connectivity index (χ0v) is 16.0. The van der Waals surface area contributed by atoms with Crippen LogP contribution in [0.25, 0.3) is 0 Å². The molecule has 0 atom stereocenters. The van der Waals surface area contributed by atoms with Crippen molar-refractivity contribution >= 4 is 27.4 Å². The lowest BCUT2D eigenvalue weighted by Gasteiger charge is -2.10. The molecule has 0 unspecified atom stereocenters. The van der Waals surface area contributed by atoms with Gasteiger partial charge in [-0.15, -0.1) is 0 Å². The number of sulfone groups is 1. The maximum absolute atomic E-state index is 12.4. The fraction of sp³-hybridized carbons (Fsp3) is 0.263. The Labute approximate surface area is 157 Å². The van der Waals surface area contributed by atoms with Crippen LogP contribution in [-0.2, 0) is 9.84 Å². The number of aromatic carboxylic acids is 1. The summed E-state index contributed by atoms with van der Waals surface area (Å²) in [5, 5.41) is 11.7. The van der Waals surface area contributed by atoms with E-state index >= 15 is 0 Å². The molecular weight excluding hydrogens is 370 g/mol. The summed E-state index contributed by atoms with van der Waals surface area (Å²) in [4.78, 5) is 23.4. The number of rotatable bonds is 7. The summed E-state index contributed by atoms with van der Waals surface area (Å²) < 4.78 is 29.0. The quantitative estimate of drug-likeness (QED) is 0.751. The van der Waals surface area contributed by atoms with E-state index in [-0.39, 0.29) is 16.1 Å². The molecule has 2 N–H and O–H groups in total. The van der Waals surface area contributed by atoms with Gasteiger partial charge in [0.15, 0.2) is 9.84 Å². The first-order valence-corrected chi connectivity index (χ1v) is 10.1. The third-order valence-corrected chi connectivity index (χ3v) is 4.63. The molecule has 0 fully saturated rings. The highest BCUT2D eigenvalue weighted by atomic mass is 32.2. The van der Waals surface area contributed by atoms with Crippen molar-refractivity contribution < 1.29 is 27.9 Å². The van der Waals surface area contributed by atoms with Crippen LogP contribution >= 0.6 is 0 Å². The average Bonchev–Trinajstić information content (AvgIpc) is 2.59. The molecule has 7 nitrogen and oxygen atoms in total. The van der Waals surface area contributed by atoms with Crippen LogP contribution in [0.15, 0.2) is 47.4 Å². The van der Waals surface area contributed by atoms with E-state index in [1.165, 1.54) is 12.1 Å². The Morgan fingerprint density at radius 2 is 1.70 bits per heavy atom. The second-order valence-corrected chi connectivity index (χ2v) is 8.52. The summed E-state index contributed by atoms with van der Waals surface area (Å²) in [6.45, 7) is 4.61. The van der Waals surface area contributed by atoms with Gasteiger partial charge in [-0.05, 0) is 48.4 Å². The minimum atomic E-state index is -3.63. The topological polar surface area (TPSA) is 110 Å². The molecule has 1 amide bonds. The number of anilines is 1. The molecule has 27 heavy (non-hydrogen) atoms. The number of carbonyl (C=O) groups is 2. The van der Waals surface area contributed by atoms with Crippen LogP contribution in [0.3, 0.4) is 0 Å². The van der Waals surface area contributed by atoms with Gasteiger partial charge in [-0.3, -0.25) is 4.79 Å². The number of ether oxygens (including phenoxy) is 1. The number of amides is 1. The van der Waals surface area contributed by atoms with Crippen molar-refractivity contribution in [1.29, 1.82) is 0 Å². The molecule has 8 heteroatoms. The predicted molar refractivity (Wildman–Crippen MR) is 101 cm³/mol. The van der Waals surface area contributed by atoms with Gasteiger partial charge in [0.25, 0.3) is 5.91 Å². The van der Waals surface area contributed by atoms with Crippen molar-refractivity contribution in [2.24, 2.45) is 5.92 Å². The van der Waals surface area contributed by atoms with Crippen molar-refractivity contribution in [1.82, 2.24) is 0 Å². The molecule has 0 radical (unpaired) electrons. The van der Waals surface area contributed by atoms with Crippen molar-refractivity contribution in [3.63, 3.8) is 0 Å². The van der Waals surface area contributed by atoms with Gasteiger partial charge in [-0.1, -0.05) is 13.8 Å². The SMILES string of the molecule is CC(C)COc1ccc(C(=O)Nc2cc(C(=O)O)cc(S(C)(=O)=O)c2)cc1. The minimum absolute atomic E-state index is 0.0838. The lowest BCUT2D eigenvalue weighted by Crippen LogP contribution is -2.13. The van der Waals surface area contributed by atoms with Gasteiger partial charge in [0.05, 0.1) is 17.1 Å². The summed E-state index contributed by atoms with van der Waals surface area (Å²) in [6, 6.07) is 9.94. The van der Waals surface area contributed by atoms with Crippen LogP contribution in [0.1, 0.15) is 34.6 Å². The highest BCUT2D eigenvalue weighted by Crippen LogP contribution is 2.21. The molecule has 0 saturated carbocycles. The summed E-state index contributed by atoms with van der Waals surface area (Å²) in [5.41, 5.74) is 0.180. The van der Waals surface area contributed by atoms with Gasteiger partial charge in [0.2, 0.25) is 0 Å². The number of hydrogen-bond donors (Lipinski definition) is 2. The Kier molecular flexibility index (Phi) is 6.22. The second-order valence-electron chi connectivity index (χ2n) is 6.51. The van der Waals surface area contributed by atoms with Crippen LogP contribution in [0.2, 0.25) is 0 Å². The first-order valence-electron chi connectivity index (χ1n) is 8.19. The van der Waals surface area contributed by atoms with Crippen molar-refractivity contribution in [3.05, 3.63) is 53.6 Å². The Hall–Kier alpha value is -2.87.